The zero-order valence-corrected chi connectivity index (χ0v) is 12.5. The number of hydrogen-bond acceptors (Lipinski definition) is 2. The molecule has 20 heavy (non-hydrogen) atoms. The molecule has 0 aliphatic rings. The second-order valence-corrected chi connectivity index (χ2v) is 6.59. The van der Waals surface area contributed by atoms with Crippen LogP contribution in [0.2, 0.25) is 0 Å². The smallest absolute Gasteiger partial charge is 0.293 e. The number of Topliss-reactive ketones (excluding diaryl/α,β-unsaturated/α-hetero) is 1. The molecule has 112 valence electrons. The Balaban J connectivity index is 3.48. The van der Waals surface area contributed by atoms with Crippen molar-refractivity contribution in [2.24, 2.45) is 5.41 Å². The first-order valence-electron chi connectivity index (χ1n) is 6.07. The third-order valence-electron chi connectivity index (χ3n) is 2.62. The van der Waals surface area contributed by atoms with Crippen LogP contribution in [0.15, 0.2) is 17.0 Å². The largest absolute Gasteiger partial charge is 0.417 e. The van der Waals surface area contributed by atoms with Crippen LogP contribution in [-0.4, -0.2) is 11.5 Å². The number of hydrogen-bond donors (Lipinski definition) is 0. The van der Waals surface area contributed by atoms with Crippen LogP contribution in [0.25, 0.3) is 0 Å². The van der Waals surface area contributed by atoms with Crippen molar-refractivity contribution in [3.8, 4) is 0 Å². The zero-order valence-electron chi connectivity index (χ0n) is 11.7. The summed E-state index contributed by atoms with van der Waals surface area (Å²) in [4.78, 5) is 11.6. The normalized spacial score (nSPS) is 12.6. The minimum atomic E-state index is -4.64. The zero-order chi connectivity index (χ0) is 15.7. The monoisotopic (exact) mass is 308 g/mol. The van der Waals surface area contributed by atoms with Gasteiger partial charge in [0.2, 0.25) is 0 Å². The molecule has 0 saturated heterocycles. The lowest BCUT2D eigenvalue weighted by Crippen LogP contribution is -2.22. The van der Waals surface area contributed by atoms with E-state index in [0.29, 0.717) is 0 Å². The summed E-state index contributed by atoms with van der Waals surface area (Å²) >= 11 is 0.750. The maximum Gasteiger partial charge on any atom is 0.417 e. The molecule has 1 aromatic rings. The predicted octanol–water partition coefficient (Wildman–Crippen LogP) is 5.19. The van der Waals surface area contributed by atoms with Gasteiger partial charge in [-0.3, -0.25) is 4.79 Å². The average Bonchev–Trinajstić information content (AvgIpc) is 2.28. The van der Waals surface area contributed by atoms with Gasteiger partial charge in [0.15, 0.2) is 5.78 Å². The van der Waals surface area contributed by atoms with Gasteiger partial charge in [-0.15, -0.1) is 11.8 Å². The fraction of sp³-hybridized carbons (Fsp3) is 0.500. The van der Waals surface area contributed by atoms with Gasteiger partial charge in [-0.05, 0) is 17.9 Å². The molecular weight excluding hydrogens is 292 g/mol. The molecule has 0 N–H and O–H groups in total. The van der Waals surface area contributed by atoms with E-state index >= 15 is 0 Å². The Kier molecular flexibility index (Phi) is 4.90. The summed E-state index contributed by atoms with van der Waals surface area (Å²) in [5.74, 6) is -1.30. The molecule has 0 spiro atoms. The summed E-state index contributed by atoms with van der Waals surface area (Å²) < 4.78 is 52.9. The minimum Gasteiger partial charge on any atom is -0.293 e. The number of ketones is 1. The van der Waals surface area contributed by atoms with Gasteiger partial charge < -0.3 is 0 Å². The van der Waals surface area contributed by atoms with Crippen molar-refractivity contribution in [3.05, 3.63) is 29.1 Å². The standard InChI is InChI=1S/C14H16F4OS/c1-5-20-11-9(14(16,17)18)7-6-8(10(11)15)12(19)13(2,3)4/h6-7H,5H2,1-4H3. The van der Waals surface area contributed by atoms with E-state index in [0.717, 1.165) is 23.9 Å². The number of alkyl halides is 3. The lowest BCUT2D eigenvalue weighted by molar-refractivity contribution is -0.140. The van der Waals surface area contributed by atoms with Crippen LogP contribution in [-0.2, 0) is 6.18 Å². The van der Waals surface area contributed by atoms with Gasteiger partial charge >= 0.3 is 6.18 Å². The molecule has 0 atom stereocenters. The third kappa shape index (κ3) is 3.53. The van der Waals surface area contributed by atoms with E-state index in [1.54, 1.807) is 27.7 Å². The van der Waals surface area contributed by atoms with Crippen molar-refractivity contribution in [3.63, 3.8) is 0 Å². The maximum absolute atomic E-state index is 14.3. The fourth-order valence-corrected chi connectivity index (χ4v) is 2.51. The van der Waals surface area contributed by atoms with E-state index in [4.69, 9.17) is 0 Å². The Hall–Kier alpha value is -1.04. The maximum atomic E-state index is 14.3. The van der Waals surface area contributed by atoms with Gasteiger partial charge in [0, 0.05) is 5.41 Å². The molecule has 0 aliphatic heterocycles. The Morgan fingerprint density at radius 2 is 1.75 bits per heavy atom. The van der Waals surface area contributed by atoms with Crippen LogP contribution >= 0.6 is 11.8 Å². The van der Waals surface area contributed by atoms with Gasteiger partial charge in [-0.25, -0.2) is 4.39 Å². The molecule has 0 saturated carbocycles. The van der Waals surface area contributed by atoms with Crippen molar-refractivity contribution < 1.29 is 22.4 Å². The van der Waals surface area contributed by atoms with Crippen molar-refractivity contribution in [1.29, 1.82) is 0 Å². The number of benzene rings is 1. The SMILES string of the molecule is CCSc1c(C(F)(F)F)ccc(C(=O)C(C)(C)C)c1F. The molecule has 0 unspecified atom stereocenters. The third-order valence-corrected chi connectivity index (χ3v) is 3.59. The van der Waals surface area contributed by atoms with Gasteiger partial charge in [0.05, 0.1) is 16.0 Å². The highest BCUT2D eigenvalue weighted by atomic mass is 32.2. The fourth-order valence-electron chi connectivity index (χ4n) is 1.64. The summed E-state index contributed by atoms with van der Waals surface area (Å²) in [5.41, 5.74) is -2.18. The van der Waals surface area contributed by atoms with Gasteiger partial charge in [-0.1, -0.05) is 27.7 Å². The summed E-state index contributed by atoms with van der Waals surface area (Å²) in [6.45, 7) is 6.42. The van der Waals surface area contributed by atoms with Crippen LogP contribution < -0.4 is 0 Å². The van der Waals surface area contributed by atoms with Gasteiger partial charge in [0.1, 0.15) is 5.82 Å². The van der Waals surface area contributed by atoms with Crippen molar-refractivity contribution in [2.75, 3.05) is 5.75 Å². The second-order valence-electron chi connectivity index (χ2n) is 5.31. The first-order valence-corrected chi connectivity index (χ1v) is 7.06. The summed E-state index contributed by atoms with van der Waals surface area (Å²) in [5, 5.41) is 0. The molecule has 0 radical (unpaired) electrons. The van der Waals surface area contributed by atoms with Gasteiger partial charge in [0.25, 0.3) is 0 Å². The second kappa shape index (κ2) is 5.76. The molecule has 0 amide bonds. The number of halogens is 4. The molecule has 0 fully saturated rings. The van der Waals surface area contributed by atoms with Crippen LogP contribution in [0, 0.1) is 11.2 Å². The van der Waals surface area contributed by atoms with Crippen molar-refractivity contribution >= 4 is 17.5 Å². The lowest BCUT2D eigenvalue weighted by Gasteiger charge is -2.20. The molecule has 6 heteroatoms. The van der Waals surface area contributed by atoms with Crippen molar-refractivity contribution in [2.45, 2.75) is 38.8 Å². The van der Waals surface area contributed by atoms with Crippen molar-refractivity contribution in [1.82, 2.24) is 0 Å². The molecule has 0 heterocycles. The molecule has 0 aliphatic carbocycles. The van der Waals surface area contributed by atoms with E-state index in [1.807, 2.05) is 0 Å². The van der Waals surface area contributed by atoms with E-state index in [9.17, 15) is 22.4 Å². The average molecular weight is 308 g/mol. The molecule has 1 rings (SSSR count). The molecule has 0 aromatic heterocycles. The quantitative estimate of drug-likeness (QED) is 0.434. The first-order chi connectivity index (χ1) is 9.00. The summed E-state index contributed by atoms with van der Waals surface area (Å²) in [6, 6.07) is 1.70. The highest BCUT2D eigenvalue weighted by molar-refractivity contribution is 7.99. The molecule has 1 nitrogen and oxygen atoms in total. The first kappa shape index (κ1) is 17.0. The lowest BCUT2D eigenvalue weighted by atomic mass is 9.86. The summed E-state index contributed by atoms with van der Waals surface area (Å²) in [7, 11) is 0. The Labute approximate surface area is 119 Å². The highest BCUT2D eigenvalue weighted by Crippen LogP contribution is 2.40. The van der Waals surface area contributed by atoms with Crippen LogP contribution in [0.1, 0.15) is 43.6 Å². The van der Waals surface area contributed by atoms with E-state index in [1.165, 1.54) is 0 Å². The number of rotatable bonds is 3. The molecule has 1 aromatic carbocycles. The van der Waals surface area contributed by atoms with Gasteiger partial charge in [-0.2, -0.15) is 13.2 Å². The number of thioether (sulfide) groups is 1. The minimum absolute atomic E-state index is 0.285. The Morgan fingerprint density at radius 1 is 1.20 bits per heavy atom. The van der Waals surface area contributed by atoms with E-state index in [-0.39, 0.29) is 11.3 Å². The van der Waals surface area contributed by atoms with Crippen LogP contribution in [0.4, 0.5) is 17.6 Å². The Bertz CT molecular complexity index is 515. The van der Waals surface area contributed by atoms with Crippen LogP contribution in [0.3, 0.4) is 0 Å². The van der Waals surface area contributed by atoms with E-state index < -0.39 is 33.7 Å². The number of carbonyl (C=O) groups excluding carboxylic acids is 1. The van der Waals surface area contributed by atoms with Crippen LogP contribution in [0.5, 0.6) is 0 Å². The topological polar surface area (TPSA) is 17.1 Å². The van der Waals surface area contributed by atoms with E-state index in [2.05, 4.69) is 0 Å². The highest BCUT2D eigenvalue weighted by Gasteiger charge is 2.37. The predicted molar refractivity (Wildman–Crippen MR) is 71.6 cm³/mol. The number of carbonyl (C=O) groups is 1. The molecular formula is C14H16F4OS. The molecule has 0 bridgehead atoms. The summed E-state index contributed by atoms with van der Waals surface area (Å²) in [6.07, 6.45) is -4.64. The Morgan fingerprint density at radius 3 is 2.15 bits per heavy atom.